The third-order valence-corrected chi connectivity index (χ3v) is 3.23. The van der Waals surface area contributed by atoms with Crippen molar-refractivity contribution in [1.29, 1.82) is 0 Å². The van der Waals surface area contributed by atoms with Crippen LogP contribution in [0.15, 0.2) is 22.7 Å². The molecular weight excluding hydrogens is 270 g/mol. The van der Waals surface area contributed by atoms with E-state index in [1.165, 1.54) is 7.11 Å². The van der Waals surface area contributed by atoms with Gasteiger partial charge in [0.1, 0.15) is 5.76 Å². The Morgan fingerprint density at radius 2 is 2.19 bits per heavy atom. The minimum atomic E-state index is -0.206. The molecule has 0 bridgehead atoms. The molecule has 0 unspecified atom stereocenters. The van der Waals surface area contributed by atoms with E-state index in [9.17, 15) is 4.79 Å². The average molecular weight is 291 g/mol. The Kier molecular flexibility index (Phi) is 4.80. The predicted molar refractivity (Wildman–Crippen MR) is 78.9 cm³/mol. The lowest BCUT2D eigenvalue weighted by Gasteiger charge is -2.11. The van der Waals surface area contributed by atoms with Gasteiger partial charge in [0.25, 0.3) is 0 Å². The van der Waals surface area contributed by atoms with Crippen molar-refractivity contribution in [3.63, 3.8) is 0 Å². The molecule has 2 rings (SSSR count). The Labute approximate surface area is 124 Å². The SMILES string of the molecule is CCc1ccc(C(=O)c2c(OC)cnn2CCN(C)C)o1. The molecule has 0 saturated carbocycles. The maximum Gasteiger partial charge on any atom is 0.249 e. The Balaban J connectivity index is 2.31. The fourth-order valence-corrected chi connectivity index (χ4v) is 2.02. The van der Waals surface area contributed by atoms with Crippen molar-refractivity contribution in [3.8, 4) is 5.75 Å². The number of furan rings is 1. The molecule has 6 heteroatoms. The molecule has 6 nitrogen and oxygen atoms in total. The second-order valence-electron chi connectivity index (χ2n) is 5.04. The van der Waals surface area contributed by atoms with Crippen LogP contribution in [0.2, 0.25) is 0 Å². The van der Waals surface area contributed by atoms with Gasteiger partial charge in [-0.1, -0.05) is 6.92 Å². The van der Waals surface area contributed by atoms with E-state index in [1.807, 2.05) is 32.0 Å². The van der Waals surface area contributed by atoms with Crippen molar-refractivity contribution < 1.29 is 13.9 Å². The number of hydrogen-bond donors (Lipinski definition) is 0. The standard InChI is InChI=1S/C15H21N3O3/c1-5-11-6-7-12(21-11)15(19)14-13(20-4)10-16-18(14)9-8-17(2)3/h6-7,10H,5,8-9H2,1-4H3. The van der Waals surface area contributed by atoms with E-state index in [0.717, 1.165) is 18.7 Å². The van der Waals surface area contributed by atoms with Gasteiger partial charge in [-0.05, 0) is 26.2 Å². The van der Waals surface area contributed by atoms with Gasteiger partial charge in [-0.15, -0.1) is 0 Å². The van der Waals surface area contributed by atoms with E-state index in [1.54, 1.807) is 16.9 Å². The number of aromatic nitrogens is 2. The highest BCUT2D eigenvalue weighted by Gasteiger charge is 2.23. The first kappa shape index (κ1) is 15.3. The molecule has 0 spiro atoms. The lowest BCUT2D eigenvalue weighted by Crippen LogP contribution is -2.21. The molecule has 0 amide bonds. The van der Waals surface area contributed by atoms with E-state index in [4.69, 9.17) is 9.15 Å². The Hall–Kier alpha value is -2.08. The third kappa shape index (κ3) is 3.33. The van der Waals surface area contributed by atoms with Gasteiger partial charge in [0.2, 0.25) is 5.78 Å². The molecule has 0 fully saturated rings. The Bertz CT molecular complexity index is 613. The van der Waals surface area contributed by atoms with Gasteiger partial charge in [0.05, 0.1) is 19.9 Å². The van der Waals surface area contributed by atoms with Crippen molar-refractivity contribution in [2.45, 2.75) is 19.9 Å². The molecule has 0 N–H and O–H groups in total. The number of methoxy groups -OCH3 is 1. The minimum absolute atomic E-state index is 0.206. The van der Waals surface area contributed by atoms with Crippen LogP contribution in [0.4, 0.5) is 0 Å². The zero-order valence-electron chi connectivity index (χ0n) is 12.9. The van der Waals surface area contributed by atoms with Crippen LogP contribution in [-0.2, 0) is 13.0 Å². The number of nitrogens with zero attached hydrogens (tertiary/aromatic N) is 3. The first-order valence-corrected chi connectivity index (χ1v) is 6.94. The maximum atomic E-state index is 12.6. The van der Waals surface area contributed by atoms with Crippen LogP contribution in [0.25, 0.3) is 0 Å². The van der Waals surface area contributed by atoms with Crippen LogP contribution in [0.1, 0.15) is 28.9 Å². The predicted octanol–water partition coefficient (Wildman–Crippen LogP) is 1.84. The van der Waals surface area contributed by atoms with Crippen molar-refractivity contribution in [3.05, 3.63) is 35.5 Å². The molecule has 0 aliphatic carbocycles. The van der Waals surface area contributed by atoms with E-state index in [0.29, 0.717) is 23.7 Å². The lowest BCUT2D eigenvalue weighted by atomic mass is 10.2. The van der Waals surface area contributed by atoms with E-state index in [-0.39, 0.29) is 5.78 Å². The third-order valence-electron chi connectivity index (χ3n) is 3.23. The molecule has 0 atom stereocenters. The quantitative estimate of drug-likeness (QED) is 0.728. The zero-order valence-corrected chi connectivity index (χ0v) is 12.9. The summed E-state index contributed by atoms with van der Waals surface area (Å²) in [6.07, 6.45) is 2.32. The fraction of sp³-hybridized carbons (Fsp3) is 0.467. The normalized spacial score (nSPS) is 11.1. The van der Waals surface area contributed by atoms with E-state index < -0.39 is 0 Å². The molecule has 0 saturated heterocycles. The van der Waals surface area contributed by atoms with Gasteiger partial charge in [-0.2, -0.15) is 5.10 Å². The van der Waals surface area contributed by atoms with Gasteiger partial charge in [0.15, 0.2) is 17.2 Å². The maximum absolute atomic E-state index is 12.6. The first-order chi connectivity index (χ1) is 10.1. The first-order valence-electron chi connectivity index (χ1n) is 6.94. The second-order valence-corrected chi connectivity index (χ2v) is 5.04. The molecule has 2 aromatic heterocycles. The highest BCUT2D eigenvalue weighted by Crippen LogP contribution is 2.22. The van der Waals surface area contributed by atoms with Gasteiger partial charge in [-0.3, -0.25) is 9.48 Å². The number of carbonyl (C=O) groups excluding carboxylic acids is 1. The number of ketones is 1. The van der Waals surface area contributed by atoms with Crippen LogP contribution in [-0.4, -0.2) is 48.2 Å². The Morgan fingerprint density at radius 1 is 1.43 bits per heavy atom. The topological polar surface area (TPSA) is 60.5 Å². The van der Waals surface area contributed by atoms with Crippen LogP contribution in [0.3, 0.4) is 0 Å². The number of aryl methyl sites for hydroxylation is 1. The molecule has 0 aliphatic rings. The summed E-state index contributed by atoms with van der Waals surface area (Å²) in [5.41, 5.74) is 0.427. The van der Waals surface area contributed by atoms with Crippen molar-refractivity contribution in [2.75, 3.05) is 27.7 Å². The van der Waals surface area contributed by atoms with Gasteiger partial charge in [0, 0.05) is 13.0 Å². The van der Waals surface area contributed by atoms with E-state index >= 15 is 0 Å². The van der Waals surface area contributed by atoms with Crippen LogP contribution >= 0.6 is 0 Å². The summed E-state index contributed by atoms with van der Waals surface area (Å²) in [6.45, 7) is 3.37. The van der Waals surface area contributed by atoms with Crippen molar-refractivity contribution in [1.82, 2.24) is 14.7 Å². The van der Waals surface area contributed by atoms with Gasteiger partial charge >= 0.3 is 0 Å². The summed E-state index contributed by atoms with van der Waals surface area (Å²) in [5.74, 6) is 1.37. The summed E-state index contributed by atoms with van der Waals surface area (Å²) in [4.78, 5) is 14.7. The summed E-state index contributed by atoms with van der Waals surface area (Å²) < 4.78 is 12.5. The van der Waals surface area contributed by atoms with Crippen molar-refractivity contribution in [2.24, 2.45) is 0 Å². The number of rotatable bonds is 7. The molecule has 0 aromatic carbocycles. The molecule has 0 radical (unpaired) electrons. The number of likely N-dealkylation sites (N-methyl/N-ethyl adjacent to an activating group) is 1. The molecular formula is C15H21N3O3. The van der Waals surface area contributed by atoms with Gasteiger partial charge in [-0.25, -0.2) is 0 Å². The molecule has 0 aliphatic heterocycles. The summed E-state index contributed by atoms with van der Waals surface area (Å²) in [5, 5.41) is 4.23. The second kappa shape index (κ2) is 6.58. The molecule has 2 heterocycles. The molecule has 21 heavy (non-hydrogen) atoms. The van der Waals surface area contributed by atoms with E-state index in [2.05, 4.69) is 5.10 Å². The van der Waals surface area contributed by atoms with Crippen LogP contribution in [0.5, 0.6) is 5.75 Å². The molecule has 2 aromatic rings. The largest absolute Gasteiger partial charge is 0.493 e. The summed E-state index contributed by atoms with van der Waals surface area (Å²) in [7, 11) is 5.48. The average Bonchev–Trinajstić information content (AvgIpc) is 3.10. The summed E-state index contributed by atoms with van der Waals surface area (Å²) in [6, 6.07) is 3.52. The van der Waals surface area contributed by atoms with Crippen LogP contribution < -0.4 is 4.74 Å². The Morgan fingerprint density at radius 3 is 2.76 bits per heavy atom. The van der Waals surface area contributed by atoms with Crippen LogP contribution in [0, 0.1) is 0 Å². The number of hydrogen-bond acceptors (Lipinski definition) is 5. The number of ether oxygens (including phenoxy) is 1. The number of carbonyl (C=O) groups is 1. The smallest absolute Gasteiger partial charge is 0.249 e. The zero-order chi connectivity index (χ0) is 15.4. The lowest BCUT2D eigenvalue weighted by molar-refractivity contribution is 0.0993. The van der Waals surface area contributed by atoms with Crippen molar-refractivity contribution >= 4 is 5.78 Å². The van der Waals surface area contributed by atoms with Gasteiger partial charge < -0.3 is 14.1 Å². The summed E-state index contributed by atoms with van der Waals surface area (Å²) >= 11 is 0. The monoisotopic (exact) mass is 291 g/mol. The fourth-order valence-electron chi connectivity index (χ4n) is 2.02. The molecule has 114 valence electrons. The highest BCUT2D eigenvalue weighted by molar-refractivity contribution is 6.07. The highest BCUT2D eigenvalue weighted by atomic mass is 16.5. The minimum Gasteiger partial charge on any atom is -0.493 e.